The van der Waals surface area contributed by atoms with E-state index < -0.39 is 75.9 Å². The molecule has 0 spiro atoms. The standard InChI is InChI=1S/C52H60F3N7O8S2/c1-32-43(72-31-58-32)34-15-13-33(14-16-34)29-57-45(65)41-27-38(63)30-60(41)47(67)44(50(2,3)4)59-46(66)42(64)12-8-11-24-69-23-9-7-10-25-70-39-21-19-36(20-22-39)62-49(71)61(48(68)51(62,5)6)37-18-17-35(28-56)40(26-37)52(53,54)55/h13-22,26,31,38,41,44,63H,7-12,23-25,27,29-30H2,1-6H3,(H,57,65)(H,59,66)/t38-,41+,44-/m1/s1. The van der Waals surface area contributed by atoms with Gasteiger partial charge in [0.1, 0.15) is 23.4 Å². The van der Waals surface area contributed by atoms with Crippen LogP contribution < -0.4 is 25.2 Å². The number of rotatable bonds is 21. The third kappa shape index (κ3) is 13.2. The molecule has 2 fully saturated rings. The Bertz CT molecular complexity index is 2660. The molecule has 3 aromatic carbocycles. The van der Waals surface area contributed by atoms with E-state index in [4.69, 9.17) is 21.7 Å². The van der Waals surface area contributed by atoms with Crippen LogP contribution >= 0.6 is 23.6 Å². The van der Waals surface area contributed by atoms with E-state index in [2.05, 4.69) is 15.6 Å². The zero-order chi connectivity index (χ0) is 52.5. The molecule has 2 aliphatic heterocycles. The van der Waals surface area contributed by atoms with Gasteiger partial charge in [0.05, 0.1) is 51.7 Å². The number of nitrogens with one attached hydrogen (secondary N) is 2. The number of aliphatic hydroxyl groups is 1. The van der Waals surface area contributed by atoms with Crippen molar-refractivity contribution >= 4 is 69.5 Å². The molecule has 0 unspecified atom stereocenters. The van der Waals surface area contributed by atoms with Crippen molar-refractivity contribution in [3.05, 3.63) is 94.6 Å². The number of ketones is 1. The number of β-amino-alcohol motifs (C(OH)–C–C–N with tert-alkyl or cyclic N) is 1. The maximum atomic E-state index is 14.0. The molecule has 0 saturated carbocycles. The maximum absolute atomic E-state index is 14.0. The lowest BCUT2D eigenvalue weighted by molar-refractivity contribution is -0.146. The molecule has 3 heterocycles. The topological polar surface area (TPSA) is 194 Å². The summed E-state index contributed by atoms with van der Waals surface area (Å²) in [6, 6.07) is 17.1. The van der Waals surface area contributed by atoms with Gasteiger partial charge < -0.3 is 35.0 Å². The zero-order valence-corrected chi connectivity index (χ0v) is 42.8. The minimum atomic E-state index is -4.80. The van der Waals surface area contributed by atoms with Gasteiger partial charge in [-0.05, 0) is 124 Å². The molecule has 0 bridgehead atoms. The zero-order valence-electron chi connectivity index (χ0n) is 41.1. The van der Waals surface area contributed by atoms with Crippen molar-refractivity contribution in [1.29, 1.82) is 5.26 Å². The highest BCUT2D eigenvalue weighted by Gasteiger charge is 2.51. The normalized spacial score (nSPS) is 17.2. The number of Topliss-reactive ketones (excluding diaryl/α,β-unsaturated/α-hetero) is 1. The second-order valence-corrected chi connectivity index (χ2v) is 20.6. The van der Waals surface area contributed by atoms with Crippen molar-refractivity contribution in [3.8, 4) is 22.3 Å². The Labute approximate surface area is 426 Å². The number of aliphatic hydroxyl groups excluding tert-OH is 1. The number of carbonyl (C=O) groups is 5. The van der Waals surface area contributed by atoms with Crippen molar-refractivity contribution in [2.75, 3.05) is 36.2 Å². The third-order valence-electron chi connectivity index (χ3n) is 12.5. The number of ether oxygens (including phenoxy) is 2. The molecular weight excluding hydrogens is 972 g/mol. The molecule has 4 amide bonds. The number of thiazole rings is 1. The second-order valence-electron chi connectivity index (χ2n) is 19.4. The summed E-state index contributed by atoms with van der Waals surface area (Å²) in [5.41, 5.74) is 1.29. The van der Waals surface area contributed by atoms with Crippen molar-refractivity contribution < 1.29 is 51.7 Å². The molecule has 0 radical (unpaired) electrons. The number of nitrogens with zero attached hydrogens (tertiary/aromatic N) is 5. The fourth-order valence-electron chi connectivity index (χ4n) is 8.52. The van der Waals surface area contributed by atoms with E-state index in [1.165, 1.54) is 11.0 Å². The highest BCUT2D eigenvalue weighted by Crippen LogP contribution is 2.40. The van der Waals surface area contributed by atoms with E-state index >= 15 is 0 Å². The van der Waals surface area contributed by atoms with Gasteiger partial charge in [-0.1, -0.05) is 45.0 Å². The average molecular weight is 1030 g/mol. The van der Waals surface area contributed by atoms with Crippen LogP contribution in [0.4, 0.5) is 24.5 Å². The van der Waals surface area contributed by atoms with E-state index in [-0.39, 0.29) is 36.7 Å². The van der Waals surface area contributed by atoms with E-state index in [1.807, 2.05) is 31.2 Å². The first kappa shape index (κ1) is 55.1. The fourth-order valence-corrected chi connectivity index (χ4v) is 9.85. The largest absolute Gasteiger partial charge is 0.494 e. The van der Waals surface area contributed by atoms with Crippen molar-refractivity contribution in [1.82, 2.24) is 20.5 Å². The summed E-state index contributed by atoms with van der Waals surface area (Å²) in [6.45, 7) is 11.9. The third-order valence-corrected chi connectivity index (χ3v) is 13.9. The SMILES string of the molecule is Cc1ncsc1-c1ccc(CNC(=O)[C@@H]2C[C@@H](O)CN2C(=O)[C@@H](NC(=O)C(=O)CCCCOCCCCCOc2ccc(N3C(=S)N(c4ccc(C#N)c(C(F)(F)F)c4)C(=O)C3(C)C)cc2)C(C)(C)C)cc1. The summed E-state index contributed by atoms with van der Waals surface area (Å²) >= 11 is 7.17. The van der Waals surface area contributed by atoms with Crippen LogP contribution in [0.15, 0.2) is 72.2 Å². The van der Waals surface area contributed by atoms with Gasteiger partial charge in [-0.2, -0.15) is 18.4 Å². The molecule has 0 aliphatic carbocycles. The molecule has 384 valence electrons. The highest BCUT2D eigenvalue weighted by molar-refractivity contribution is 7.81. The number of amides is 4. The van der Waals surface area contributed by atoms with Crippen LogP contribution in [-0.2, 0) is 41.4 Å². The molecule has 15 nitrogen and oxygen atoms in total. The highest BCUT2D eigenvalue weighted by atomic mass is 32.1. The molecule has 20 heteroatoms. The van der Waals surface area contributed by atoms with Crippen LogP contribution in [0.5, 0.6) is 5.75 Å². The number of halogens is 3. The molecule has 4 aromatic rings. The fraction of sp³-hybridized carbons (Fsp3) is 0.462. The Morgan fingerprint density at radius 2 is 1.61 bits per heavy atom. The second kappa shape index (κ2) is 23.5. The van der Waals surface area contributed by atoms with E-state index in [9.17, 15) is 47.5 Å². The number of anilines is 2. The summed E-state index contributed by atoms with van der Waals surface area (Å²) in [5, 5.41) is 25.3. The number of hydrogen-bond acceptors (Lipinski definition) is 12. The van der Waals surface area contributed by atoms with Crippen LogP contribution in [0.3, 0.4) is 0 Å². The minimum absolute atomic E-state index is 0.00774. The van der Waals surface area contributed by atoms with Crippen LogP contribution in [0, 0.1) is 23.7 Å². The Balaban J connectivity index is 0.866. The number of aromatic nitrogens is 1. The van der Waals surface area contributed by atoms with Crippen molar-refractivity contribution in [2.24, 2.45) is 5.41 Å². The summed E-state index contributed by atoms with van der Waals surface area (Å²) in [7, 11) is 0. The minimum Gasteiger partial charge on any atom is -0.494 e. The molecule has 72 heavy (non-hydrogen) atoms. The monoisotopic (exact) mass is 1030 g/mol. The van der Waals surface area contributed by atoms with Gasteiger partial charge in [-0.3, -0.25) is 28.9 Å². The van der Waals surface area contributed by atoms with Crippen LogP contribution in [-0.4, -0.2) is 99.6 Å². The Morgan fingerprint density at radius 3 is 2.24 bits per heavy atom. The molecular formula is C52H60F3N7O8S2. The summed E-state index contributed by atoms with van der Waals surface area (Å²) in [6.07, 6.45) is -2.49. The van der Waals surface area contributed by atoms with Crippen molar-refractivity contribution in [3.63, 3.8) is 0 Å². The Kier molecular flexibility index (Phi) is 18.0. The van der Waals surface area contributed by atoms with Crippen LogP contribution in [0.1, 0.15) is 102 Å². The lowest BCUT2D eigenvalue weighted by Gasteiger charge is -2.35. The van der Waals surface area contributed by atoms with Gasteiger partial charge in [0, 0.05) is 44.8 Å². The summed E-state index contributed by atoms with van der Waals surface area (Å²) < 4.78 is 52.8. The predicted octanol–water partition coefficient (Wildman–Crippen LogP) is 8.04. The number of aryl methyl sites for hydroxylation is 1. The molecule has 3 N–H and O–H groups in total. The van der Waals surface area contributed by atoms with Gasteiger partial charge in [-0.25, -0.2) is 4.98 Å². The summed E-state index contributed by atoms with van der Waals surface area (Å²) in [5.74, 6) is -2.50. The quantitative estimate of drug-likeness (QED) is 0.0414. The Morgan fingerprint density at radius 1 is 0.958 bits per heavy atom. The maximum Gasteiger partial charge on any atom is 0.417 e. The first-order valence-electron chi connectivity index (χ1n) is 23.7. The number of carbonyl (C=O) groups excluding carboxylic acids is 5. The molecule has 3 atom stereocenters. The molecule has 1 aromatic heterocycles. The lowest BCUT2D eigenvalue weighted by atomic mass is 9.85. The summed E-state index contributed by atoms with van der Waals surface area (Å²) in [4.78, 5) is 76.2. The number of hydrogen-bond donors (Lipinski definition) is 3. The number of unbranched alkanes of at least 4 members (excludes halogenated alkanes) is 3. The van der Waals surface area contributed by atoms with Gasteiger partial charge in [-0.15, -0.1) is 11.3 Å². The molecule has 6 rings (SSSR count). The molecule has 2 saturated heterocycles. The smallest absolute Gasteiger partial charge is 0.417 e. The van der Waals surface area contributed by atoms with Gasteiger partial charge >= 0.3 is 6.18 Å². The number of likely N-dealkylation sites (tertiary alicyclic amines) is 1. The lowest BCUT2D eigenvalue weighted by Crippen LogP contribution is -2.58. The number of thiocarbonyl (C=S) groups is 1. The van der Waals surface area contributed by atoms with Crippen LogP contribution in [0.25, 0.3) is 10.4 Å². The van der Waals surface area contributed by atoms with Crippen molar-refractivity contribution in [2.45, 2.75) is 123 Å². The van der Waals surface area contributed by atoms with Gasteiger partial charge in [0.25, 0.3) is 11.8 Å². The number of alkyl halides is 3. The molecule has 2 aliphatic rings. The van der Waals surface area contributed by atoms with E-state index in [0.29, 0.717) is 44.1 Å². The first-order valence-corrected chi connectivity index (χ1v) is 25.0. The van der Waals surface area contributed by atoms with Gasteiger partial charge in [0.15, 0.2) is 5.11 Å². The Hall–Kier alpha value is -6.27. The van der Waals surface area contributed by atoms with E-state index in [1.54, 1.807) is 86.7 Å². The van der Waals surface area contributed by atoms with E-state index in [0.717, 1.165) is 58.0 Å². The predicted molar refractivity (Wildman–Crippen MR) is 270 cm³/mol. The first-order chi connectivity index (χ1) is 34.0. The number of nitriles is 1. The average Bonchev–Trinajstić information content (AvgIpc) is 4.00. The van der Waals surface area contributed by atoms with Crippen LogP contribution in [0.2, 0.25) is 0 Å². The number of benzene rings is 3. The van der Waals surface area contributed by atoms with Gasteiger partial charge in [0.2, 0.25) is 17.6 Å².